The van der Waals surface area contributed by atoms with E-state index in [0.717, 1.165) is 29.5 Å². The van der Waals surface area contributed by atoms with E-state index in [1.165, 1.54) is 0 Å². The number of alkyl halides is 1. The van der Waals surface area contributed by atoms with Crippen molar-refractivity contribution in [3.05, 3.63) is 23.7 Å². The second kappa shape index (κ2) is 7.15. The molecule has 1 saturated heterocycles. The Hall–Kier alpha value is -1.24. The minimum absolute atomic E-state index is 0.181. The van der Waals surface area contributed by atoms with E-state index in [2.05, 4.69) is 4.98 Å². The van der Waals surface area contributed by atoms with Gasteiger partial charge in [0.1, 0.15) is 25.1 Å². The average molecular weight is 311 g/mol. The van der Waals surface area contributed by atoms with Crippen LogP contribution in [0.5, 0.6) is 5.75 Å². The SMILES string of the molecule is FCC(COc1ccc2ncsc2c1)OC1CCCCO1. The lowest BCUT2D eigenvalue weighted by molar-refractivity contribution is -0.195. The maximum absolute atomic E-state index is 13.1. The quantitative estimate of drug-likeness (QED) is 0.818. The van der Waals surface area contributed by atoms with Gasteiger partial charge in [-0.2, -0.15) is 0 Å². The summed E-state index contributed by atoms with van der Waals surface area (Å²) in [4.78, 5) is 4.21. The molecule has 2 aromatic rings. The van der Waals surface area contributed by atoms with Crippen molar-refractivity contribution < 1.29 is 18.6 Å². The van der Waals surface area contributed by atoms with Crippen molar-refractivity contribution in [1.29, 1.82) is 0 Å². The Morgan fingerprint density at radius 3 is 3.19 bits per heavy atom. The Labute approximate surface area is 126 Å². The Morgan fingerprint density at radius 2 is 2.38 bits per heavy atom. The predicted octanol–water partition coefficient (Wildman–Crippen LogP) is 3.56. The number of aromatic nitrogens is 1. The molecule has 0 radical (unpaired) electrons. The summed E-state index contributed by atoms with van der Waals surface area (Å²) in [5.41, 5.74) is 2.74. The van der Waals surface area contributed by atoms with Gasteiger partial charge in [-0.3, -0.25) is 0 Å². The molecule has 4 nitrogen and oxygen atoms in total. The van der Waals surface area contributed by atoms with Crippen LogP contribution in [-0.4, -0.2) is 37.3 Å². The predicted molar refractivity (Wildman–Crippen MR) is 79.6 cm³/mol. The van der Waals surface area contributed by atoms with Gasteiger partial charge in [-0.05, 0) is 37.5 Å². The molecule has 0 spiro atoms. The molecule has 0 aliphatic carbocycles. The summed E-state index contributed by atoms with van der Waals surface area (Å²) >= 11 is 1.55. The molecule has 21 heavy (non-hydrogen) atoms. The zero-order valence-electron chi connectivity index (χ0n) is 11.7. The first-order valence-electron chi connectivity index (χ1n) is 7.14. The number of hydrogen-bond acceptors (Lipinski definition) is 5. The van der Waals surface area contributed by atoms with E-state index in [1.807, 2.05) is 18.2 Å². The van der Waals surface area contributed by atoms with Gasteiger partial charge < -0.3 is 14.2 Å². The highest BCUT2D eigenvalue weighted by molar-refractivity contribution is 7.16. The standard InChI is InChI=1S/C15H18FNO3S/c16-8-12(20-15-3-1-2-6-18-15)9-19-11-4-5-13-14(7-11)21-10-17-13/h4-5,7,10,12,15H,1-3,6,8-9H2. The molecular formula is C15H18FNO3S. The van der Waals surface area contributed by atoms with Crippen LogP contribution >= 0.6 is 11.3 Å². The van der Waals surface area contributed by atoms with Crippen LogP contribution in [0.4, 0.5) is 4.39 Å². The highest BCUT2D eigenvalue weighted by Gasteiger charge is 2.20. The molecule has 1 fully saturated rings. The molecule has 1 aliphatic rings. The van der Waals surface area contributed by atoms with Crippen molar-refractivity contribution in [2.75, 3.05) is 19.9 Å². The maximum atomic E-state index is 13.1. The van der Waals surface area contributed by atoms with Crippen LogP contribution < -0.4 is 4.74 Å². The first-order valence-corrected chi connectivity index (χ1v) is 8.02. The smallest absolute Gasteiger partial charge is 0.158 e. The molecule has 3 rings (SSSR count). The topological polar surface area (TPSA) is 40.6 Å². The number of halogens is 1. The summed E-state index contributed by atoms with van der Waals surface area (Å²) in [6.07, 6.45) is 2.04. The molecule has 2 heterocycles. The van der Waals surface area contributed by atoms with Gasteiger partial charge in [0.05, 0.1) is 15.7 Å². The number of thiazole rings is 1. The van der Waals surface area contributed by atoms with Gasteiger partial charge in [-0.15, -0.1) is 11.3 Å². The van der Waals surface area contributed by atoms with E-state index in [-0.39, 0.29) is 12.9 Å². The molecule has 114 valence electrons. The molecule has 2 unspecified atom stereocenters. The fourth-order valence-corrected chi connectivity index (χ4v) is 2.97. The molecule has 1 aliphatic heterocycles. The Morgan fingerprint density at radius 1 is 1.43 bits per heavy atom. The van der Waals surface area contributed by atoms with Gasteiger partial charge >= 0.3 is 0 Å². The van der Waals surface area contributed by atoms with Crippen LogP contribution in [0, 0.1) is 0 Å². The molecule has 0 saturated carbocycles. The van der Waals surface area contributed by atoms with Crippen molar-refractivity contribution in [3.8, 4) is 5.75 Å². The summed E-state index contributed by atoms with van der Waals surface area (Å²) in [7, 11) is 0. The molecule has 2 atom stereocenters. The second-order valence-electron chi connectivity index (χ2n) is 5.00. The van der Waals surface area contributed by atoms with Crippen molar-refractivity contribution in [3.63, 3.8) is 0 Å². The summed E-state index contributed by atoms with van der Waals surface area (Å²) in [6, 6.07) is 5.66. The Kier molecular flexibility index (Phi) is 5.00. The minimum Gasteiger partial charge on any atom is -0.491 e. The largest absolute Gasteiger partial charge is 0.491 e. The summed E-state index contributed by atoms with van der Waals surface area (Å²) in [5.74, 6) is 0.707. The lowest BCUT2D eigenvalue weighted by Gasteiger charge is -2.26. The monoisotopic (exact) mass is 311 g/mol. The third kappa shape index (κ3) is 3.90. The molecule has 0 bridgehead atoms. The first kappa shape index (κ1) is 14.7. The second-order valence-corrected chi connectivity index (χ2v) is 5.89. The summed E-state index contributed by atoms with van der Waals surface area (Å²) < 4.78 is 30.8. The molecular weight excluding hydrogens is 293 g/mol. The fraction of sp³-hybridized carbons (Fsp3) is 0.533. The van der Waals surface area contributed by atoms with Crippen molar-refractivity contribution >= 4 is 21.6 Å². The van der Waals surface area contributed by atoms with Crippen LogP contribution in [-0.2, 0) is 9.47 Å². The highest BCUT2D eigenvalue weighted by Crippen LogP contribution is 2.23. The molecule has 1 aromatic heterocycles. The van der Waals surface area contributed by atoms with Crippen LogP contribution in [0.15, 0.2) is 23.7 Å². The van der Waals surface area contributed by atoms with Crippen LogP contribution in [0.3, 0.4) is 0 Å². The van der Waals surface area contributed by atoms with Gasteiger partial charge in [-0.25, -0.2) is 9.37 Å². The minimum atomic E-state index is -0.592. The molecule has 0 amide bonds. The molecule has 1 aromatic carbocycles. The summed E-state index contributed by atoms with van der Waals surface area (Å²) in [5, 5.41) is 0. The number of nitrogens with zero attached hydrogens (tertiary/aromatic N) is 1. The van der Waals surface area contributed by atoms with Gasteiger partial charge in [0, 0.05) is 6.61 Å². The van der Waals surface area contributed by atoms with Crippen molar-refractivity contribution in [2.24, 2.45) is 0 Å². The van der Waals surface area contributed by atoms with Gasteiger partial charge in [0.25, 0.3) is 0 Å². The zero-order chi connectivity index (χ0) is 14.5. The van der Waals surface area contributed by atoms with Gasteiger partial charge in [0.2, 0.25) is 0 Å². The summed E-state index contributed by atoms with van der Waals surface area (Å²) in [6.45, 7) is 0.288. The van der Waals surface area contributed by atoms with Crippen LogP contribution in [0.25, 0.3) is 10.2 Å². The molecule has 0 N–H and O–H groups in total. The van der Waals surface area contributed by atoms with Gasteiger partial charge in [-0.1, -0.05) is 0 Å². The van der Waals surface area contributed by atoms with E-state index < -0.39 is 12.8 Å². The van der Waals surface area contributed by atoms with Crippen molar-refractivity contribution in [1.82, 2.24) is 4.98 Å². The Balaban J connectivity index is 1.53. The van der Waals surface area contributed by atoms with E-state index in [1.54, 1.807) is 16.8 Å². The number of ether oxygens (including phenoxy) is 3. The van der Waals surface area contributed by atoms with Crippen LogP contribution in [0.2, 0.25) is 0 Å². The van der Waals surface area contributed by atoms with Crippen LogP contribution in [0.1, 0.15) is 19.3 Å². The number of benzene rings is 1. The lowest BCUT2D eigenvalue weighted by atomic mass is 10.2. The van der Waals surface area contributed by atoms with E-state index in [4.69, 9.17) is 14.2 Å². The van der Waals surface area contributed by atoms with Gasteiger partial charge in [0.15, 0.2) is 6.29 Å². The average Bonchev–Trinajstić information content (AvgIpc) is 3.00. The first-order chi connectivity index (χ1) is 10.3. The lowest BCUT2D eigenvalue weighted by Crippen LogP contribution is -2.32. The van der Waals surface area contributed by atoms with E-state index in [0.29, 0.717) is 12.4 Å². The Bertz CT molecular complexity index is 571. The van der Waals surface area contributed by atoms with E-state index >= 15 is 0 Å². The number of rotatable bonds is 6. The van der Waals surface area contributed by atoms with E-state index in [9.17, 15) is 4.39 Å². The normalized spacial score (nSPS) is 20.5. The molecule has 6 heteroatoms. The zero-order valence-corrected chi connectivity index (χ0v) is 12.5. The third-order valence-corrected chi connectivity index (χ3v) is 4.18. The van der Waals surface area contributed by atoms with Crippen molar-refractivity contribution in [2.45, 2.75) is 31.7 Å². The third-order valence-electron chi connectivity index (χ3n) is 3.39. The highest BCUT2D eigenvalue weighted by atomic mass is 32.1. The number of fused-ring (bicyclic) bond motifs is 1. The number of hydrogen-bond donors (Lipinski definition) is 0. The fourth-order valence-electron chi connectivity index (χ4n) is 2.27. The maximum Gasteiger partial charge on any atom is 0.158 e.